The molecule has 23 heavy (non-hydrogen) atoms. The summed E-state index contributed by atoms with van der Waals surface area (Å²) >= 11 is 3.17. The number of amides is 1. The van der Waals surface area contributed by atoms with E-state index in [-0.39, 0.29) is 31.7 Å². The van der Waals surface area contributed by atoms with Gasteiger partial charge < -0.3 is 14.8 Å². The van der Waals surface area contributed by atoms with E-state index in [1.807, 2.05) is 0 Å². The fourth-order valence-corrected chi connectivity index (χ4v) is 2.10. The van der Waals surface area contributed by atoms with Crippen molar-refractivity contribution in [3.8, 4) is 0 Å². The summed E-state index contributed by atoms with van der Waals surface area (Å²) in [5.74, 6) is -1.55. The van der Waals surface area contributed by atoms with Crippen LogP contribution in [0.1, 0.15) is 37.2 Å². The standard InChI is InChI=1S/C15H19BrN2O5/c1-3-22-13(19)9-8-11(15(21)23-4-2)18-14(20)10-6-5-7-12(16)17-10/h5-7,11H,3-4,8-9H2,1-2H3,(H,18,20)/t11-/m0/s1. The summed E-state index contributed by atoms with van der Waals surface area (Å²) in [5, 5.41) is 2.54. The molecule has 0 fully saturated rings. The largest absolute Gasteiger partial charge is 0.466 e. The number of hydrogen-bond donors (Lipinski definition) is 1. The van der Waals surface area contributed by atoms with Gasteiger partial charge in [0.25, 0.3) is 5.91 Å². The molecule has 1 rings (SSSR count). The number of aromatic nitrogens is 1. The van der Waals surface area contributed by atoms with Gasteiger partial charge in [-0.15, -0.1) is 0 Å². The third-order valence-corrected chi connectivity index (χ3v) is 3.21. The van der Waals surface area contributed by atoms with E-state index in [1.165, 1.54) is 6.07 Å². The first-order chi connectivity index (χ1) is 11.0. The van der Waals surface area contributed by atoms with E-state index in [1.54, 1.807) is 26.0 Å². The predicted molar refractivity (Wildman–Crippen MR) is 85.7 cm³/mol. The Morgan fingerprint density at radius 3 is 2.52 bits per heavy atom. The van der Waals surface area contributed by atoms with Crippen molar-refractivity contribution in [2.45, 2.75) is 32.7 Å². The van der Waals surface area contributed by atoms with E-state index in [0.717, 1.165) is 0 Å². The summed E-state index contributed by atoms with van der Waals surface area (Å²) in [6.45, 7) is 3.80. The number of ether oxygens (including phenoxy) is 2. The first-order valence-corrected chi connectivity index (χ1v) is 8.02. The lowest BCUT2D eigenvalue weighted by Crippen LogP contribution is -2.42. The van der Waals surface area contributed by atoms with Crippen LogP contribution in [0.25, 0.3) is 0 Å². The number of nitrogens with one attached hydrogen (secondary N) is 1. The van der Waals surface area contributed by atoms with Gasteiger partial charge in [-0.05, 0) is 48.3 Å². The van der Waals surface area contributed by atoms with E-state index in [0.29, 0.717) is 4.60 Å². The van der Waals surface area contributed by atoms with Crippen LogP contribution in [0.3, 0.4) is 0 Å². The van der Waals surface area contributed by atoms with E-state index in [4.69, 9.17) is 9.47 Å². The topological polar surface area (TPSA) is 94.6 Å². The number of pyridine rings is 1. The Morgan fingerprint density at radius 2 is 1.91 bits per heavy atom. The van der Waals surface area contributed by atoms with Gasteiger partial charge in [-0.25, -0.2) is 9.78 Å². The first kappa shape index (κ1) is 19.1. The second kappa shape index (κ2) is 9.94. The average molecular weight is 387 g/mol. The number of hydrogen-bond acceptors (Lipinski definition) is 6. The molecular formula is C15H19BrN2O5. The Hall–Kier alpha value is -1.96. The minimum absolute atomic E-state index is 0.00349. The molecule has 0 bridgehead atoms. The molecule has 1 heterocycles. The van der Waals surface area contributed by atoms with Gasteiger partial charge in [0, 0.05) is 6.42 Å². The number of carbonyl (C=O) groups excluding carboxylic acids is 3. The highest BCUT2D eigenvalue weighted by molar-refractivity contribution is 9.10. The van der Waals surface area contributed by atoms with Gasteiger partial charge in [-0.3, -0.25) is 9.59 Å². The summed E-state index contributed by atoms with van der Waals surface area (Å²) in [6.07, 6.45) is 0.0981. The van der Waals surface area contributed by atoms with Crippen LogP contribution in [0.4, 0.5) is 0 Å². The van der Waals surface area contributed by atoms with Crippen molar-refractivity contribution < 1.29 is 23.9 Å². The number of carbonyl (C=O) groups is 3. The zero-order valence-corrected chi connectivity index (χ0v) is 14.6. The molecule has 1 amide bonds. The maximum atomic E-state index is 12.2. The Balaban J connectivity index is 2.73. The van der Waals surface area contributed by atoms with Gasteiger partial charge in [0.05, 0.1) is 13.2 Å². The third kappa shape index (κ3) is 6.77. The van der Waals surface area contributed by atoms with Crippen molar-refractivity contribution in [1.29, 1.82) is 0 Å². The molecule has 126 valence electrons. The molecule has 0 aliphatic carbocycles. The summed E-state index contributed by atoms with van der Waals surface area (Å²) in [6, 6.07) is 3.92. The number of nitrogens with zero attached hydrogens (tertiary/aromatic N) is 1. The molecule has 1 aromatic rings. The fraction of sp³-hybridized carbons (Fsp3) is 0.467. The molecular weight excluding hydrogens is 368 g/mol. The van der Waals surface area contributed by atoms with Gasteiger partial charge in [-0.2, -0.15) is 0 Å². The molecule has 0 spiro atoms. The van der Waals surface area contributed by atoms with Crippen molar-refractivity contribution >= 4 is 33.8 Å². The molecule has 0 saturated heterocycles. The van der Waals surface area contributed by atoms with Crippen LogP contribution in [0.2, 0.25) is 0 Å². The molecule has 0 aromatic carbocycles. The van der Waals surface area contributed by atoms with Crippen LogP contribution < -0.4 is 5.32 Å². The monoisotopic (exact) mass is 386 g/mol. The number of halogens is 1. The summed E-state index contributed by atoms with van der Waals surface area (Å²) < 4.78 is 10.2. The van der Waals surface area contributed by atoms with Crippen LogP contribution in [-0.4, -0.2) is 42.1 Å². The number of esters is 2. The van der Waals surface area contributed by atoms with E-state index in [9.17, 15) is 14.4 Å². The van der Waals surface area contributed by atoms with E-state index >= 15 is 0 Å². The van der Waals surface area contributed by atoms with Crippen LogP contribution in [0, 0.1) is 0 Å². The van der Waals surface area contributed by atoms with Gasteiger partial charge in [0.2, 0.25) is 0 Å². The van der Waals surface area contributed by atoms with Gasteiger partial charge in [0.15, 0.2) is 0 Å². The molecule has 7 nitrogen and oxygen atoms in total. The van der Waals surface area contributed by atoms with Crippen LogP contribution >= 0.6 is 15.9 Å². The van der Waals surface area contributed by atoms with Crippen molar-refractivity contribution in [1.82, 2.24) is 10.3 Å². The molecule has 0 saturated carbocycles. The predicted octanol–water partition coefficient (Wildman–Crippen LogP) is 1.85. The van der Waals surface area contributed by atoms with E-state index in [2.05, 4.69) is 26.2 Å². The van der Waals surface area contributed by atoms with E-state index < -0.39 is 23.9 Å². The first-order valence-electron chi connectivity index (χ1n) is 7.23. The zero-order valence-electron chi connectivity index (χ0n) is 13.0. The third-order valence-electron chi connectivity index (χ3n) is 2.77. The zero-order chi connectivity index (χ0) is 17.2. The molecule has 0 unspecified atom stereocenters. The molecule has 0 aliphatic rings. The normalized spacial score (nSPS) is 11.4. The lowest BCUT2D eigenvalue weighted by Gasteiger charge is -2.16. The highest BCUT2D eigenvalue weighted by atomic mass is 79.9. The van der Waals surface area contributed by atoms with Crippen LogP contribution in [0.5, 0.6) is 0 Å². The Bertz CT molecular complexity index is 565. The lowest BCUT2D eigenvalue weighted by molar-refractivity contribution is -0.146. The molecule has 1 N–H and O–H groups in total. The summed E-state index contributed by atoms with van der Waals surface area (Å²) in [7, 11) is 0. The van der Waals surface area contributed by atoms with Gasteiger partial charge >= 0.3 is 11.9 Å². The Kier molecular flexibility index (Phi) is 8.25. The highest BCUT2D eigenvalue weighted by Crippen LogP contribution is 2.08. The van der Waals surface area contributed by atoms with Crippen molar-refractivity contribution in [3.05, 3.63) is 28.5 Å². The van der Waals surface area contributed by atoms with Crippen LogP contribution in [0.15, 0.2) is 22.8 Å². The van der Waals surface area contributed by atoms with Gasteiger partial charge in [-0.1, -0.05) is 6.07 Å². The lowest BCUT2D eigenvalue weighted by atomic mass is 10.1. The maximum absolute atomic E-state index is 12.2. The smallest absolute Gasteiger partial charge is 0.328 e. The SMILES string of the molecule is CCOC(=O)CC[C@H](NC(=O)c1cccc(Br)n1)C(=O)OCC. The molecule has 1 aromatic heterocycles. The van der Waals surface area contributed by atoms with Gasteiger partial charge in [0.1, 0.15) is 16.3 Å². The maximum Gasteiger partial charge on any atom is 0.328 e. The Morgan fingerprint density at radius 1 is 1.22 bits per heavy atom. The van der Waals surface area contributed by atoms with Crippen molar-refractivity contribution in [3.63, 3.8) is 0 Å². The van der Waals surface area contributed by atoms with Crippen LogP contribution in [-0.2, 0) is 19.1 Å². The summed E-state index contributed by atoms with van der Waals surface area (Å²) in [4.78, 5) is 39.5. The second-order valence-electron chi connectivity index (χ2n) is 4.47. The molecule has 8 heteroatoms. The fourth-order valence-electron chi connectivity index (χ4n) is 1.75. The molecule has 0 aliphatic heterocycles. The highest BCUT2D eigenvalue weighted by Gasteiger charge is 2.24. The molecule has 1 atom stereocenters. The minimum Gasteiger partial charge on any atom is -0.466 e. The number of rotatable bonds is 8. The van der Waals surface area contributed by atoms with Crippen molar-refractivity contribution in [2.75, 3.05) is 13.2 Å². The Labute approximate surface area is 142 Å². The van der Waals surface area contributed by atoms with Crippen molar-refractivity contribution in [2.24, 2.45) is 0 Å². The second-order valence-corrected chi connectivity index (χ2v) is 5.28. The average Bonchev–Trinajstić information content (AvgIpc) is 2.51. The minimum atomic E-state index is -0.937. The summed E-state index contributed by atoms with van der Waals surface area (Å²) in [5.41, 5.74) is 0.157. The molecule has 0 radical (unpaired) electrons. The quantitative estimate of drug-likeness (QED) is 0.541.